The number of ether oxygens (including phenoxy) is 3. The van der Waals surface area contributed by atoms with Crippen molar-refractivity contribution in [1.82, 2.24) is 0 Å². The highest BCUT2D eigenvalue weighted by Gasteiger charge is 2.66. The fraction of sp³-hybridized carbons (Fsp3) is 0.929. The van der Waals surface area contributed by atoms with Crippen molar-refractivity contribution < 1.29 is 59.9 Å². The Kier molecular flexibility index (Phi) is 7.00. The summed E-state index contributed by atoms with van der Waals surface area (Å²) in [5, 5.41) is 79.4. The predicted molar refractivity (Wildman–Crippen MR) is 86.1 cm³/mol. The first-order valence-corrected chi connectivity index (χ1v) is 8.79. The molecule has 158 valence electrons. The number of aliphatic hydroxyl groups is 8. The largest absolute Gasteiger partial charge is 0.394 e. The van der Waals surface area contributed by atoms with Gasteiger partial charge in [-0.3, -0.25) is 4.79 Å². The summed E-state index contributed by atoms with van der Waals surface area (Å²) in [4.78, 5) is 11.9. The number of alkyl halides is 1. The van der Waals surface area contributed by atoms with Gasteiger partial charge in [-0.05, 0) is 22.9 Å². The predicted octanol–water partition coefficient (Wildman–Crippen LogP) is -4.72. The lowest BCUT2D eigenvalue weighted by molar-refractivity contribution is -0.373. The van der Waals surface area contributed by atoms with E-state index in [1.165, 1.54) is 0 Å². The molecule has 27 heavy (non-hydrogen) atoms. The Morgan fingerprint density at radius 2 is 1.59 bits per heavy atom. The third-order valence-corrected chi connectivity index (χ3v) is 5.53. The van der Waals surface area contributed by atoms with Crippen molar-refractivity contribution in [1.29, 1.82) is 0 Å². The number of ketones is 1. The van der Waals surface area contributed by atoms with Crippen LogP contribution in [0.15, 0.2) is 0 Å². The van der Waals surface area contributed by atoms with Crippen LogP contribution in [0.5, 0.6) is 0 Å². The normalized spacial score (nSPS) is 51.2. The summed E-state index contributed by atoms with van der Waals surface area (Å²) in [5.74, 6) is -1.10. The van der Waals surface area contributed by atoms with Crippen molar-refractivity contribution in [2.45, 2.75) is 66.2 Å². The number of carbonyl (C=O) groups excluding carboxylic acids is 1. The molecule has 2 aliphatic heterocycles. The summed E-state index contributed by atoms with van der Waals surface area (Å²) >= 11 is 2.59. The Hall–Kier alpha value is -0.290. The van der Waals surface area contributed by atoms with Crippen LogP contribution < -0.4 is 0 Å². The maximum Gasteiger partial charge on any atom is 0.264 e. The van der Waals surface area contributed by atoms with Crippen molar-refractivity contribution in [3.8, 4) is 0 Å². The van der Waals surface area contributed by atoms with Crippen LogP contribution in [-0.4, -0.2) is 119 Å². The number of hydrogen-bond donors (Lipinski definition) is 8. The average molecular weight is 463 g/mol. The van der Waals surface area contributed by atoms with Crippen molar-refractivity contribution in [2.75, 3.05) is 13.2 Å². The topological polar surface area (TPSA) is 207 Å². The van der Waals surface area contributed by atoms with Crippen LogP contribution in [0.2, 0.25) is 0 Å². The number of hydrogen-bond acceptors (Lipinski definition) is 12. The lowest BCUT2D eigenvalue weighted by Crippen LogP contribution is -2.74. The van der Waals surface area contributed by atoms with Gasteiger partial charge in [-0.2, -0.15) is 0 Å². The van der Waals surface area contributed by atoms with Crippen molar-refractivity contribution in [2.24, 2.45) is 0 Å². The minimum atomic E-state index is -2.92. The molecule has 1 unspecified atom stereocenters. The first-order valence-electron chi connectivity index (χ1n) is 7.99. The van der Waals surface area contributed by atoms with Crippen LogP contribution in [-0.2, 0) is 19.0 Å². The summed E-state index contributed by atoms with van der Waals surface area (Å²) in [6, 6.07) is 0. The molecule has 2 fully saturated rings. The van der Waals surface area contributed by atoms with Gasteiger partial charge in [0.2, 0.25) is 5.60 Å². The molecule has 2 aliphatic rings. The zero-order valence-corrected chi connectivity index (χ0v) is 15.7. The van der Waals surface area contributed by atoms with E-state index in [9.17, 15) is 45.6 Å². The molecule has 0 aliphatic carbocycles. The van der Waals surface area contributed by atoms with Gasteiger partial charge in [0, 0.05) is 0 Å². The van der Waals surface area contributed by atoms with E-state index < -0.39 is 78.3 Å². The lowest BCUT2D eigenvalue weighted by Gasteiger charge is -2.51. The Bertz CT molecular complexity index is 544. The molecule has 2 heterocycles. The zero-order valence-electron chi connectivity index (χ0n) is 14.1. The molecule has 0 aromatic carbocycles. The molecule has 0 amide bonds. The fourth-order valence-electron chi connectivity index (χ4n) is 3.04. The fourth-order valence-corrected chi connectivity index (χ4v) is 3.80. The van der Waals surface area contributed by atoms with E-state index >= 15 is 0 Å². The van der Waals surface area contributed by atoms with Gasteiger partial charge in [0.1, 0.15) is 42.7 Å². The van der Waals surface area contributed by atoms with Gasteiger partial charge in [-0.15, -0.1) is 0 Å². The molecule has 10 atom stereocenters. The van der Waals surface area contributed by atoms with E-state index in [-0.39, 0.29) is 0 Å². The summed E-state index contributed by atoms with van der Waals surface area (Å²) in [6.07, 6.45) is -13.7. The van der Waals surface area contributed by atoms with Crippen LogP contribution in [0.1, 0.15) is 6.92 Å². The number of carbonyl (C=O) groups is 1. The molecule has 0 aromatic heterocycles. The Morgan fingerprint density at radius 3 is 2.07 bits per heavy atom. The molecule has 0 radical (unpaired) electrons. The Morgan fingerprint density at radius 1 is 1.04 bits per heavy atom. The first-order chi connectivity index (χ1) is 12.4. The monoisotopic (exact) mass is 462 g/mol. The Balaban J connectivity index is 2.31. The second-order valence-corrected chi connectivity index (χ2v) is 7.54. The van der Waals surface area contributed by atoms with Crippen molar-refractivity contribution in [3.05, 3.63) is 0 Å². The van der Waals surface area contributed by atoms with Crippen LogP contribution in [0.3, 0.4) is 0 Å². The van der Waals surface area contributed by atoms with Crippen molar-refractivity contribution in [3.63, 3.8) is 0 Å². The van der Waals surface area contributed by atoms with Gasteiger partial charge >= 0.3 is 0 Å². The zero-order chi connectivity index (χ0) is 20.7. The third kappa shape index (κ3) is 3.80. The van der Waals surface area contributed by atoms with Gasteiger partial charge in [-0.1, -0.05) is 0 Å². The van der Waals surface area contributed by atoms with Crippen LogP contribution in [0.4, 0.5) is 0 Å². The second kappa shape index (κ2) is 8.22. The molecule has 0 spiro atoms. The molecular formula is C14H23BrO12. The second-order valence-electron chi connectivity index (χ2n) is 6.47. The molecule has 13 heteroatoms. The maximum atomic E-state index is 11.9. The molecular weight excluding hydrogens is 440 g/mol. The quantitative estimate of drug-likeness (QED) is 0.181. The van der Waals surface area contributed by atoms with Crippen LogP contribution >= 0.6 is 15.9 Å². The highest BCUT2D eigenvalue weighted by Crippen LogP contribution is 2.43. The maximum absolute atomic E-state index is 11.9. The van der Waals surface area contributed by atoms with E-state index in [0.29, 0.717) is 0 Å². The molecule has 0 aromatic rings. The summed E-state index contributed by atoms with van der Waals surface area (Å²) in [5.41, 5.74) is -2.92. The van der Waals surface area contributed by atoms with Gasteiger partial charge in [0.05, 0.1) is 13.2 Å². The minimum Gasteiger partial charge on any atom is -0.394 e. The average Bonchev–Trinajstić information content (AvgIpc) is 2.61. The van der Waals surface area contributed by atoms with Gasteiger partial charge in [0.15, 0.2) is 12.1 Å². The molecule has 12 nitrogen and oxygen atoms in total. The standard InChI is InChI=1S/C14H23BrO12/c1-4(18)13(23)11(22)10(6(3-17)27-14(13,15)24)26-12-9(21)8(20)7(19)5(2-16)25-12/h5-12,16-17,19-24H,2-3H2,1H3/t5-,6-,7+,8+,9-,10-,11+,12+,13-,14?/m1/s1. The number of halogens is 1. The van der Waals surface area contributed by atoms with E-state index in [4.69, 9.17) is 14.2 Å². The lowest BCUT2D eigenvalue weighted by atomic mass is 9.83. The van der Waals surface area contributed by atoms with E-state index in [1.54, 1.807) is 0 Å². The highest BCUT2D eigenvalue weighted by molar-refractivity contribution is 9.10. The van der Waals surface area contributed by atoms with Crippen LogP contribution in [0.25, 0.3) is 0 Å². The SMILES string of the molecule is CC(=O)[C@@]1(O)[C@@H](O)[C@H](O[C@@H]2O[C@H](CO)[C@H](O)[C@H](O)[C@H]2O)[C@@H](CO)OC1(O)Br. The summed E-state index contributed by atoms with van der Waals surface area (Å²) < 4.78 is 12.7. The van der Waals surface area contributed by atoms with Gasteiger partial charge in [-0.25, -0.2) is 0 Å². The van der Waals surface area contributed by atoms with E-state index in [1.807, 2.05) is 0 Å². The van der Waals surface area contributed by atoms with Crippen molar-refractivity contribution >= 4 is 21.7 Å². The van der Waals surface area contributed by atoms with E-state index in [0.717, 1.165) is 6.92 Å². The molecule has 2 rings (SSSR count). The molecule has 2 saturated heterocycles. The molecule has 0 saturated carbocycles. The number of Topliss-reactive ketones (excluding diaryl/α,β-unsaturated/α-hetero) is 1. The Labute approximate surface area is 161 Å². The van der Waals surface area contributed by atoms with E-state index in [2.05, 4.69) is 15.9 Å². The number of aliphatic hydroxyl groups excluding tert-OH is 6. The van der Waals surface area contributed by atoms with Gasteiger partial charge < -0.3 is 55.1 Å². The molecule has 0 bridgehead atoms. The first kappa shape index (κ1) is 23.0. The minimum absolute atomic E-state index is 0.740. The smallest absolute Gasteiger partial charge is 0.264 e. The number of rotatable bonds is 5. The molecule has 8 N–H and O–H groups in total. The van der Waals surface area contributed by atoms with Crippen LogP contribution in [0, 0.1) is 0 Å². The van der Waals surface area contributed by atoms with Gasteiger partial charge in [0.25, 0.3) is 4.70 Å². The highest BCUT2D eigenvalue weighted by atomic mass is 79.9. The third-order valence-electron chi connectivity index (χ3n) is 4.74. The summed E-state index contributed by atoms with van der Waals surface area (Å²) in [6.45, 7) is -0.722. The summed E-state index contributed by atoms with van der Waals surface area (Å²) in [7, 11) is 0.